The van der Waals surface area contributed by atoms with Gasteiger partial charge in [0.2, 0.25) is 17.7 Å². The number of nitriles is 1. The van der Waals surface area contributed by atoms with Gasteiger partial charge >= 0.3 is 6.18 Å². The predicted octanol–water partition coefficient (Wildman–Crippen LogP) is 8.13. The first kappa shape index (κ1) is 53.3. The summed E-state index contributed by atoms with van der Waals surface area (Å²) in [6, 6.07) is 15.5. The van der Waals surface area contributed by atoms with Crippen molar-refractivity contribution in [1.82, 2.24) is 25.5 Å². The molecule has 2 aromatic carbocycles. The quantitative estimate of drug-likeness (QED) is 0.0606. The Balaban J connectivity index is 0.841. The molecule has 4 amide bonds. The number of hydrogen-bond acceptors (Lipinski definition) is 12. The van der Waals surface area contributed by atoms with Crippen molar-refractivity contribution in [3.8, 4) is 22.3 Å². The number of amides is 4. The Kier molecular flexibility index (Phi) is 17.7. The minimum Gasteiger partial charge on any atom is -0.494 e. The number of aryl methyl sites for hydroxylation is 1. The number of aromatic nitrogens is 2. The third-order valence-electron chi connectivity index (χ3n) is 12.0. The molecule has 70 heavy (non-hydrogen) atoms. The number of anilines is 2. The molecular formula is C50H59F3N8O7S2. The van der Waals surface area contributed by atoms with E-state index in [0.29, 0.717) is 76.3 Å². The smallest absolute Gasteiger partial charge is 0.419 e. The van der Waals surface area contributed by atoms with Gasteiger partial charge in [0.25, 0.3) is 5.91 Å². The van der Waals surface area contributed by atoms with E-state index in [0.717, 1.165) is 52.1 Å². The second kappa shape index (κ2) is 23.3. The van der Waals surface area contributed by atoms with E-state index in [1.54, 1.807) is 59.2 Å². The van der Waals surface area contributed by atoms with Gasteiger partial charge in [-0.3, -0.25) is 24.1 Å². The van der Waals surface area contributed by atoms with E-state index in [1.807, 2.05) is 57.5 Å². The summed E-state index contributed by atoms with van der Waals surface area (Å²) in [5.41, 5.74) is 1.24. The molecule has 0 radical (unpaired) electrons. The van der Waals surface area contributed by atoms with Crippen LogP contribution in [0.3, 0.4) is 0 Å². The number of alkyl halides is 3. The Bertz CT molecular complexity index is 2540. The second-order valence-electron chi connectivity index (χ2n) is 18.7. The minimum atomic E-state index is -4.86. The van der Waals surface area contributed by atoms with Crippen LogP contribution in [0.2, 0.25) is 0 Å². The fourth-order valence-electron chi connectivity index (χ4n) is 8.21. The van der Waals surface area contributed by atoms with Crippen LogP contribution in [0.5, 0.6) is 5.75 Å². The number of hydrogen-bond donors (Lipinski definition) is 2. The molecule has 4 heterocycles. The van der Waals surface area contributed by atoms with Crippen LogP contribution >= 0.6 is 23.6 Å². The molecule has 4 aromatic rings. The molecule has 1 unspecified atom stereocenters. The molecule has 0 spiro atoms. The van der Waals surface area contributed by atoms with Crippen LogP contribution in [0.15, 0.2) is 66.3 Å². The largest absolute Gasteiger partial charge is 0.494 e. The van der Waals surface area contributed by atoms with E-state index in [4.69, 9.17) is 31.7 Å². The second-order valence-corrected chi connectivity index (χ2v) is 19.9. The molecule has 20 heteroatoms. The number of thiazole rings is 1. The van der Waals surface area contributed by atoms with Crippen molar-refractivity contribution >= 4 is 63.7 Å². The van der Waals surface area contributed by atoms with Crippen LogP contribution in [0, 0.1) is 23.7 Å². The van der Waals surface area contributed by atoms with Crippen LogP contribution in [0.1, 0.15) is 95.7 Å². The lowest BCUT2D eigenvalue weighted by molar-refractivity contribution is -0.144. The van der Waals surface area contributed by atoms with Crippen molar-refractivity contribution in [2.45, 2.75) is 110 Å². The molecule has 374 valence electrons. The number of unbranched alkanes of at least 4 members (excludes halogenated alkanes) is 2. The Hall–Kier alpha value is -6.01. The van der Waals surface area contributed by atoms with Gasteiger partial charge < -0.3 is 34.6 Å². The highest BCUT2D eigenvalue weighted by Crippen LogP contribution is 2.39. The van der Waals surface area contributed by atoms with Gasteiger partial charge in [0.15, 0.2) is 10.8 Å². The summed E-state index contributed by atoms with van der Waals surface area (Å²) in [5.74, 6) is -0.899. The van der Waals surface area contributed by atoms with Gasteiger partial charge in [0.05, 0.1) is 40.1 Å². The van der Waals surface area contributed by atoms with Gasteiger partial charge in [-0.15, -0.1) is 11.3 Å². The van der Waals surface area contributed by atoms with Gasteiger partial charge in [0.1, 0.15) is 36.0 Å². The zero-order valence-electron chi connectivity index (χ0n) is 40.2. The van der Waals surface area contributed by atoms with Gasteiger partial charge in [-0.1, -0.05) is 45.0 Å². The molecule has 0 aliphatic carbocycles. The standard InChI is InChI=1S/C50H59F3N8O7S2/c1-32-42(70-31-57-32)34-15-13-33(14-16-34)28-56-44(63)40-12-10-21-59(40)45(64)43(48(2,3)4)58-41(62)30-67-24-11-23-66-22-8-7-9-25-68-37-19-17-35(18-20-37)61-47(69)60(46(65)49(61,5)6)36-26-38(50(51,52)53)39(27-54)55-29-36/h13-20,26,29,31,40,43H,7-12,21-25,28,30H2,1-6H3,(H,56,63)(H,58,62)/t40-,43?/m0/s1. The lowest BCUT2D eigenvalue weighted by Crippen LogP contribution is -2.58. The van der Waals surface area contributed by atoms with Crippen molar-refractivity contribution in [1.29, 1.82) is 5.26 Å². The van der Waals surface area contributed by atoms with Crippen LogP contribution in [0.4, 0.5) is 24.5 Å². The van der Waals surface area contributed by atoms with Crippen LogP contribution in [0.25, 0.3) is 10.4 Å². The number of rotatable bonds is 21. The molecule has 6 rings (SSSR count). The summed E-state index contributed by atoms with van der Waals surface area (Å²) in [6.07, 6.45) is 0.396. The van der Waals surface area contributed by atoms with E-state index in [-0.39, 0.29) is 29.2 Å². The summed E-state index contributed by atoms with van der Waals surface area (Å²) < 4.78 is 58.3. The van der Waals surface area contributed by atoms with E-state index in [9.17, 15) is 32.3 Å². The molecule has 2 saturated heterocycles. The van der Waals surface area contributed by atoms with Crippen molar-refractivity contribution in [3.63, 3.8) is 0 Å². The van der Waals surface area contributed by atoms with Gasteiger partial charge in [0, 0.05) is 38.6 Å². The SMILES string of the molecule is Cc1ncsc1-c1ccc(CNC(=O)[C@@H]2CCCN2C(=O)C(NC(=O)COCCCOCCCCCOc2ccc(N3C(=S)N(c4cnc(C#N)c(C(F)(F)F)c4)C(=O)C3(C)C)cc2)C(C)(C)C)cc1. The minimum absolute atomic E-state index is 0.0332. The van der Waals surface area contributed by atoms with E-state index >= 15 is 0 Å². The van der Waals surface area contributed by atoms with Crippen LogP contribution < -0.4 is 25.2 Å². The van der Waals surface area contributed by atoms with E-state index in [1.165, 1.54) is 6.07 Å². The van der Waals surface area contributed by atoms with Crippen molar-refractivity contribution in [2.24, 2.45) is 5.41 Å². The number of benzene rings is 2. The van der Waals surface area contributed by atoms with Crippen molar-refractivity contribution in [3.05, 3.63) is 88.8 Å². The maximum absolute atomic E-state index is 13.9. The van der Waals surface area contributed by atoms with E-state index < -0.39 is 52.3 Å². The summed E-state index contributed by atoms with van der Waals surface area (Å²) >= 11 is 7.18. The lowest BCUT2D eigenvalue weighted by atomic mass is 9.85. The number of carbonyl (C=O) groups excluding carboxylic acids is 4. The molecule has 0 bridgehead atoms. The highest BCUT2D eigenvalue weighted by Gasteiger charge is 2.51. The maximum atomic E-state index is 13.9. The predicted molar refractivity (Wildman–Crippen MR) is 263 cm³/mol. The summed E-state index contributed by atoms with van der Waals surface area (Å²) in [6.45, 7) is 13.1. The van der Waals surface area contributed by atoms with Crippen molar-refractivity contribution < 1.29 is 46.6 Å². The van der Waals surface area contributed by atoms with Gasteiger partial charge in [-0.25, -0.2) is 9.97 Å². The monoisotopic (exact) mass is 1000 g/mol. The summed E-state index contributed by atoms with van der Waals surface area (Å²) in [7, 11) is 0. The molecule has 2 aliphatic rings. The van der Waals surface area contributed by atoms with Gasteiger partial charge in [-0.2, -0.15) is 18.4 Å². The Morgan fingerprint density at radius 1 is 0.957 bits per heavy atom. The Morgan fingerprint density at radius 3 is 2.30 bits per heavy atom. The Morgan fingerprint density at radius 2 is 1.64 bits per heavy atom. The summed E-state index contributed by atoms with van der Waals surface area (Å²) in [4.78, 5) is 67.0. The van der Waals surface area contributed by atoms with Crippen LogP contribution in [-0.4, -0.2) is 101 Å². The zero-order valence-corrected chi connectivity index (χ0v) is 41.8. The Labute approximate surface area is 415 Å². The molecule has 15 nitrogen and oxygen atoms in total. The summed E-state index contributed by atoms with van der Waals surface area (Å²) in [5, 5.41) is 15.0. The van der Waals surface area contributed by atoms with Crippen molar-refractivity contribution in [2.75, 3.05) is 49.4 Å². The fraction of sp³-hybridized carbons (Fsp3) is 0.480. The number of nitrogens with zero attached hydrogens (tertiary/aromatic N) is 6. The molecule has 2 aromatic heterocycles. The molecule has 0 saturated carbocycles. The highest BCUT2D eigenvalue weighted by molar-refractivity contribution is 7.81. The van der Waals surface area contributed by atoms with Crippen LogP contribution in [-0.2, 0) is 41.4 Å². The third-order valence-corrected chi connectivity index (χ3v) is 13.3. The molecule has 2 atom stereocenters. The van der Waals surface area contributed by atoms with E-state index in [2.05, 4.69) is 20.6 Å². The molecule has 2 aliphatic heterocycles. The highest BCUT2D eigenvalue weighted by atomic mass is 32.1. The first-order valence-electron chi connectivity index (χ1n) is 23.1. The number of carbonyl (C=O) groups is 4. The maximum Gasteiger partial charge on any atom is 0.419 e. The molecule has 2 N–H and O–H groups in total. The number of likely N-dealkylation sites (tertiary alicyclic amines) is 1. The van der Waals surface area contributed by atoms with Gasteiger partial charge in [-0.05, 0) is 118 Å². The number of nitrogens with one attached hydrogen (secondary N) is 2. The fourth-order valence-corrected chi connectivity index (χ4v) is 9.55. The molecular weight excluding hydrogens is 946 g/mol. The average molecular weight is 1010 g/mol. The normalized spacial score (nSPS) is 16.3. The number of pyridine rings is 1. The average Bonchev–Trinajstić information content (AvgIpc) is 4.03. The first-order chi connectivity index (χ1) is 33.2. The topological polar surface area (TPSA) is 179 Å². The number of halogens is 3. The zero-order chi connectivity index (χ0) is 50.8. The third kappa shape index (κ3) is 13.0. The molecule has 2 fully saturated rings. The first-order valence-corrected chi connectivity index (χ1v) is 24.4. The number of thiocarbonyl (C=S) groups is 1. The lowest BCUT2D eigenvalue weighted by Gasteiger charge is -2.35. The number of ether oxygens (including phenoxy) is 3.